The van der Waals surface area contributed by atoms with E-state index >= 15 is 0 Å². The van der Waals surface area contributed by atoms with Gasteiger partial charge in [0.1, 0.15) is 0 Å². The third-order valence-electron chi connectivity index (χ3n) is 3.19. The summed E-state index contributed by atoms with van der Waals surface area (Å²) in [5, 5.41) is 0. The summed E-state index contributed by atoms with van der Waals surface area (Å²) in [4.78, 5) is 11.6. The lowest BCUT2D eigenvalue weighted by atomic mass is 10.1. The number of rotatable bonds is 6. The van der Waals surface area contributed by atoms with E-state index in [0.717, 1.165) is 17.7 Å². The summed E-state index contributed by atoms with van der Waals surface area (Å²) in [7, 11) is 0. The van der Waals surface area contributed by atoms with E-state index in [1.807, 2.05) is 48.6 Å². The van der Waals surface area contributed by atoms with Gasteiger partial charge in [0.15, 0.2) is 0 Å². The van der Waals surface area contributed by atoms with E-state index in [1.165, 1.54) is 11.8 Å². The molecule has 2 aromatic carbocycles. The van der Waals surface area contributed by atoms with Crippen LogP contribution in [0.3, 0.4) is 0 Å². The number of nitrogen functional groups attached to an aromatic ring is 2. The van der Waals surface area contributed by atoms with Crippen molar-refractivity contribution in [3.05, 3.63) is 84.1 Å². The maximum Gasteiger partial charge on any atom is 0.315 e. The lowest BCUT2D eigenvalue weighted by Gasteiger charge is -2.00. The molecule has 2 aromatic rings. The topological polar surface area (TPSA) is 78.3 Å². The van der Waals surface area contributed by atoms with Crippen LogP contribution >= 0.6 is 0 Å². The number of nitrogens with two attached hydrogens (primary N) is 2. The van der Waals surface area contributed by atoms with E-state index in [4.69, 9.17) is 16.2 Å². The maximum atomic E-state index is 11.6. The zero-order valence-electron chi connectivity index (χ0n) is 12.8. The highest BCUT2D eigenvalue weighted by Gasteiger charge is 2.02. The molecule has 0 saturated carbocycles. The number of hydrogen-bond donors (Lipinski definition) is 2. The lowest BCUT2D eigenvalue weighted by molar-refractivity contribution is -0.137. The highest BCUT2D eigenvalue weighted by Crippen LogP contribution is 2.07. The van der Waals surface area contributed by atoms with Crippen LogP contribution in [0.2, 0.25) is 0 Å². The first-order chi connectivity index (χ1) is 11.1. The van der Waals surface area contributed by atoms with Crippen LogP contribution in [-0.2, 0) is 22.4 Å². The van der Waals surface area contributed by atoms with Crippen molar-refractivity contribution in [1.82, 2.24) is 0 Å². The van der Waals surface area contributed by atoms with Gasteiger partial charge in [0, 0.05) is 11.4 Å². The van der Waals surface area contributed by atoms with E-state index in [0.29, 0.717) is 5.69 Å². The minimum atomic E-state index is -0.307. The summed E-state index contributed by atoms with van der Waals surface area (Å²) in [5.41, 5.74) is 14.7. The second-order valence-electron chi connectivity index (χ2n) is 5.11. The maximum absolute atomic E-state index is 11.6. The first kappa shape index (κ1) is 16.4. The fraction of sp³-hybridized carbons (Fsp3) is 0.105. The van der Waals surface area contributed by atoms with Crippen LogP contribution in [0.4, 0.5) is 11.4 Å². The third kappa shape index (κ3) is 6.09. The van der Waals surface area contributed by atoms with Gasteiger partial charge >= 0.3 is 5.97 Å². The Bertz CT molecular complexity index is 686. The standard InChI is InChI=1S/C19H20N2O2/c20-17-9-5-15(6-10-17)4-2-1-3-13-23-19(22)14-16-7-11-18(21)12-8-16/h1-3,5-13H,4,14,20-21H2. The molecule has 0 aliphatic rings. The van der Waals surface area contributed by atoms with Gasteiger partial charge in [0.05, 0.1) is 12.7 Å². The van der Waals surface area contributed by atoms with Gasteiger partial charge in [0.2, 0.25) is 0 Å². The van der Waals surface area contributed by atoms with Crippen LogP contribution in [0.1, 0.15) is 11.1 Å². The monoisotopic (exact) mass is 308 g/mol. The van der Waals surface area contributed by atoms with E-state index < -0.39 is 0 Å². The predicted octanol–water partition coefficient (Wildman–Crippen LogP) is 3.25. The number of allylic oxidation sites excluding steroid dienone is 3. The molecule has 0 spiro atoms. The Balaban J connectivity index is 1.71. The number of esters is 1. The molecule has 4 N–H and O–H groups in total. The molecule has 0 amide bonds. The summed E-state index contributed by atoms with van der Waals surface area (Å²) < 4.78 is 5.03. The van der Waals surface area contributed by atoms with Crippen molar-refractivity contribution >= 4 is 17.3 Å². The van der Waals surface area contributed by atoms with E-state index in [2.05, 4.69) is 0 Å². The second kappa shape index (κ2) is 8.44. The average Bonchev–Trinajstić information content (AvgIpc) is 2.54. The van der Waals surface area contributed by atoms with Crippen LogP contribution in [-0.4, -0.2) is 5.97 Å². The van der Waals surface area contributed by atoms with Gasteiger partial charge in [-0.15, -0.1) is 0 Å². The van der Waals surface area contributed by atoms with Gasteiger partial charge in [-0.1, -0.05) is 36.4 Å². The predicted molar refractivity (Wildman–Crippen MR) is 93.5 cm³/mol. The molecule has 118 valence electrons. The molecule has 4 nitrogen and oxygen atoms in total. The number of carbonyl (C=O) groups excluding carboxylic acids is 1. The minimum Gasteiger partial charge on any atom is -0.434 e. The number of hydrogen-bond acceptors (Lipinski definition) is 4. The quantitative estimate of drug-likeness (QED) is 0.371. The highest BCUT2D eigenvalue weighted by atomic mass is 16.5. The molecule has 0 aliphatic heterocycles. The first-order valence-corrected chi connectivity index (χ1v) is 7.33. The van der Waals surface area contributed by atoms with Crippen LogP contribution < -0.4 is 11.5 Å². The molecule has 4 heteroatoms. The Morgan fingerprint density at radius 2 is 1.43 bits per heavy atom. The number of ether oxygens (including phenoxy) is 1. The zero-order valence-corrected chi connectivity index (χ0v) is 12.8. The van der Waals surface area contributed by atoms with Crippen molar-refractivity contribution < 1.29 is 9.53 Å². The van der Waals surface area contributed by atoms with Crippen molar-refractivity contribution in [1.29, 1.82) is 0 Å². The van der Waals surface area contributed by atoms with E-state index in [1.54, 1.807) is 18.2 Å². The molecule has 0 heterocycles. The van der Waals surface area contributed by atoms with Crippen molar-refractivity contribution in [2.24, 2.45) is 0 Å². The van der Waals surface area contributed by atoms with Crippen molar-refractivity contribution in [2.75, 3.05) is 11.5 Å². The van der Waals surface area contributed by atoms with Gasteiger partial charge < -0.3 is 16.2 Å². The molecular formula is C19H20N2O2. The number of benzene rings is 2. The van der Waals surface area contributed by atoms with Crippen LogP contribution in [0.15, 0.2) is 73.0 Å². The number of carbonyl (C=O) groups is 1. The molecule has 0 saturated heterocycles. The molecule has 2 rings (SSSR count). The summed E-state index contributed by atoms with van der Waals surface area (Å²) in [6.07, 6.45) is 7.92. The van der Waals surface area contributed by atoms with Gasteiger partial charge in [-0.05, 0) is 47.9 Å². The minimum absolute atomic E-state index is 0.222. The lowest BCUT2D eigenvalue weighted by Crippen LogP contribution is -2.03. The summed E-state index contributed by atoms with van der Waals surface area (Å²) >= 11 is 0. The molecular weight excluding hydrogens is 288 g/mol. The fourth-order valence-corrected chi connectivity index (χ4v) is 1.94. The SMILES string of the molecule is Nc1ccc(CC=CC=COC(=O)Cc2ccc(N)cc2)cc1. The Kier molecular flexibility index (Phi) is 6.00. The Labute approximate surface area is 136 Å². The Hall–Kier alpha value is -3.01. The fourth-order valence-electron chi connectivity index (χ4n) is 1.94. The zero-order chi connectivity index (χ0) is 16.5. The molecule has 0 atom stereocenters. The van der Waals surface area contributed by atoms with Gasteiger partial charge in [-0.2, -0.15) is 0 Å². The Morgan fingerprint density at radius 3 is 2.04 bits per heavy atom. The first-order valence-electron chi connectivity index (χ1n) is 7.33. The van der Waals surface area contributed by atoms with E-state index in [9.17, 15) is 4.79 Å². The van der Waals surface area contributed by atoms with Crippen LogP contribution in [0, 0.1) is 0 Å². The molecule has 0 radical (unpaired) electrons. The molecule has 0 unspecified atom stereocenters. The van der Waals surface area contributed by atoms with Crippen molar-refractivity contribution in [3.63, 3.8) is 0 Å². The highest BCUT2D eigenvalue weighted by molar-refractivity contribution is 5.73. The molecule has 0 bridgehead atoms. The van der Waals surface area contributed by atoms with E-state index in [-0.39, 0.29) is 12.4 Å². The van der Waals surface area contributed by atoms with Gasteiger partial charge in [0.25, 0.3) is 0 Å². The molecule has 0 aromatic heterocycles. The Morgan fingerprint density at radius 1 is 0.870 bits per heavy atom. The summed E-state index contributed by atoms with van der Waals surface area (Å²) in [5.74, 6) is -0.307. The largest absolute Gasteiger partial charge is 0.434 e. The van der Waals surface area contributed by atoms with Crippen LogP contribution in [0.25, 0.3) is 0 Å². The van der Waals surface area contributed by atoms with Crippen molar-refractivity contribution in [2.45, 2.75) is 12.8 Å². The van der Waals surface area contributed by atoms with Crippen molar-refractivity contribution in [3.8, 4) is 0 Å². The smallest absolute Gasteiger partial charge is 0.315 e. The molecule has 0 fully saturated rings. The van der Waals surface area contributed by atoms with Crippen LogP contribution in [0.5, 0.6) is 0 Å². The average molecular weight is 308 g/mol. The summed E-state index contributed by atoms with van der Waals surface area (Å²) in [6, 6.07) is 14.9. The molecule has 0 aliphatic carbocycles. The van der Waals surface area contributed by atoms with Gasteiger partial charge in [-0.25, -0.2) is 0 Å². The third-order valence-corrected chi connectivity index (χ3v) is 3.19. The summed E-state index contributed by atoms with van der Waals surface area (Å²) in [6.45, 7) is 0. The van der Waals surface area contributed by atoms with Gasteiger partial charge in [-0.3, -0.25) is 4.79 Å². The second-order valence-corrected chi connectivity index (χ2v) is 5.11. The normalized spacial score (nSPS) is 11.1. The molecule has 23 heavy (non-hydrogen) atoms. The number of anilines is 2.